The van der Waals surface area contributed by atoms with Crippen molar-refractivity contribution in [2.75, 3.05) is 18.5 Å². The van der Waals surface area contributed by atoms with Gasteiger partial charge in [-0.15, -0.1) is 0 Å². The van der Waals surface area contributed by atoms with E-state index in [-0.39, 0.29) is 24.5 Å². The SMILES string of the molecule is CCOC(=O)c1ccccc1NC(=O)c1oc2c(c1C)/C(=N/NC(=O)COc1ccccc1)CCC2. The van der Waals surface area contributed by atoms with Gasteiger partial charge in [-0.2, -0.15) is 5.10 Å². The van der Waals surface area contributed by atoms with Crippen LogP contribution in [0.1, 0.15) is 57.6 Å². The van der Waals surface area contributed by atoms with Crippen LogP contribution >= 0.6 is 0 Å². The van der Waals surface area contributed by atoms with Gasteiger partial charge in [-0.1, -0.05) is 30.3 Å². The van der Waals surface area contributed by atoms with E-state index in [1.165, 1.54) is 0 Å². The van der Waals surface area contributed by atoms with E-state index < -0.39 is 17.8 Å². The topological polar surface area (TPSA) is 119 Å². The zero-order valence-electron chi connectivity index (χ0n) is 20.1. The fraction of sp³-hybridized carbons (Fsp3) is 0.259. The Morgan fingerprint density at radius 3 is 2.56 bits per heavy atom. The monoisotopic (exact) mass is 489 g/mol. The second kappa shape index (κ2) is 11.4. The van der Waals surface area contributed by atoms with Crippen molar-refractivity contribution >= 4 is 29.2 Å². The highest BCUT2D eigenvalue weighted by molar-refractivity contribution is 6.11. The summed E-state index contributed by atoms with van der Waals surface area (Å²) in [4.78, 5) is 37.6. The molecule has 2 aromatic carbocycles. The van der Waals surface area contributed by atoms with Gasteiger partial charge in [0.25, 0.3) is 11.8 Å². The number of furan rings is 1. The van der Waals surface area contributed by atoms with E-state index in [1.54, 1.807) is 50.2 Å². The number of ether oxygens (including phenoxy) is 2. The van der Waals surface area contributed by atoms with Gasteiger partial charge < -0.3 is 19.2 Å². The van der Waals surface area contributed by atoms with Gasteiger partial charge in [0, 0.05) is 17.5 Å². The number of para-hydroxylation sites is 2. The molecule has 36 heavy (non-hydrogen) atoms. The summed E-state index contributed by atoms with van der Waals surface area (Å²) >= 11 is 0. The van der Waals surface area contributed by atoms with Gasteiger partial charge in [-0.3, -0.25) is 9.59 Å². The standard InChI is InChI=1S/C27H27N3O6/c1-3-34-27(33)19-12-7-8-13-20(19)28-26(32)25-17(2)24-21(14-9-15-22(24)36-25)29-30-23(31)16-35-18-10-5-4-6-11-18/h4-8,10-13H,3,9,14-16H2,1-2H3,(H,28,32)(H,30,31)/b29-21+. The van der Waals surface area contributed by atoms with E-state index in [0.29, 0.717) is 46.9 Å². The molecule has 0 saturated heterocycles. The number of nitrogens with one attached hydrogen (secondary N) is 2. The zero-order valence-corrected chi connectivity index (χ0v) is 20.1. The lowest BCUT2D eigenvalue weighted by Gasteiger charge is -2.13. The number of rotatable bonds is 8. The van der Waals surface area contributed by atoms with Gasteiger partial charge >= 0.3 is 5.97 Å². The van der Waals surface area contributed by atoms with Crippen molar-refractivity contribution in [2.24, 2.45) is 5.10 Å². The molecule has 3 aromatic rings. The molecule has 1 heterocycles. The van der Waals surface area contributed by atoms with Gasteiger partial charge in [0.05, 0.1) is 23.6 Å². The third-order valence-electron chi connectivity index (χ3n) is 5.63. The highest BCUT2D eigenvalue weighted by atomic mass is 16.5. The van der Waals surface area contributed by atoms with Crippen LogP contribution in [-0.4, -0.2) is 36.7 Å². The second-order valence-electron chi connectivity index (χ2n) is 8.12. The Bertz CT molecular complexity index is 1300. The lowest BCUT2D eigenvalue weighted by Crippen LogP contribution is -2.27. The second-order valence-corrected chi connectivity index (χ2v) is 8.12. The van der Waals surface area contributed by atoms with Gasteiger partial charge in [-0.05, 0) is 51.0 Å². The summed E-state index contributed by atoms with van der Waals surface area (Å²) in [6.45, 7) is 3.54. The number of amides is 2. The minimum atomic E-state index is -0.523. The lowest BCUT2D eigenvalue weighted by molar-refractivity contribution is -0.123. The molecule has 2 amide bonds. The van der Waals surface area contributed by atoms with E-state index in [4.69, 9.17) is 13.9 Å². The Kier molecular flexibility index (Phi) is 7.79. The van der Waals surface area contributed by atoms with Crippen LogP contribution < -0.4 is 15.5 Å². The van der Waals surface area contributed by atoms with Gasteiger partial charge in [0.2, 0.25) is 0 Å². The summed E-state index contributed by atoms with van der Waals surface area (Å²) in [5.74, 6) is -0.0500. The highest BCUT2D eigenvalue weighted by Crippen LogP contribution is 2.30. The quantitative estimate of drug-likeness (QED) is 0.361. The smallest absolute Gasteiger partial charge is 0.340 e. The fourth-order valence-corrected chi connectivity index (χ4v) is 3.98. The van der Waals surface area contributed by atoms with Crippen LogP contribution in [0.5, 0.6) is 5.75 Å². The number of esters is 1. The Balaban J connectivity index is 1.48. The zero-order chi connectivity index (χ0) is 25.5. The highest BCUT2D eigenvalue weighted by Gasteiger charge is 2.28. The number of hydrogen-bond donors (Lipinski definition) is 2. The number of hydrazone groups is 1. The van der Waals surface area contributed by atoms with Gasteiger partial charge in [0.15, 0.2) is 12.4 Å². The molecule has 0 unspecified atom stereocenters. The molecule has 186 valence electrons. The molecule has 1 aliphatic carbocycles. The minimum Gasteiger partial charge on any atom is -0.484 e. The molecule has 0 saturated carbocycles. The number of nitrogens with zero attached hydrogens (tertiary/aromatic N) is 1. The molecule has 9 heteroatoms. The number of carbonyl (C=O) groups excluding carboxylic acids is 3. The number of hydrogen-bond acceptors (Lipinski definition) is 7. The van der Waals surface area contributed by atoms with Crippen molar-refractivity contribution in [1.29, 1.82) is 0 Å². The fourth-order valence-electron chi connectivity index (χ4n) is 3.98. The van der Waals surface area contributed by atoms with Crippen molar-refractivity contribution in [3.63, 3.8) is 0 Å². The molecule has 0 atom stereocenters. The molecule has 0 aliphatic heterocycles. The average Bonchev–Trinajstić information content (AvgIpc) is 3.24. The van der Waals surface area contributed by atoms with Crippen LogP contribution in [0.2, 0.25) is 0 Å². The van der Waals surface area contributed by atoms with Crippen molar-refractivity contribution < 1.29 is 28.3 Å². The number of aryl methyl sites for hydroxylation is 1. The molecular formula is C27H27N3O6. The van der Waals surface area contributed by atoms with Crippen LogP contribution in [0, 0.1) is 6.92 Å². The van der Waals surface area contributed by atoms with E-state index in [9.17, 15) is 14.4 Å². The molecule has 9 nitrogen and oxygen atoms in total. The normalized spacial score (nSPS) is 13.6. The summed E-state index contributed by atoms with van der Waals surface area (Å²) < 4.78 is 16.4. The van der Waals surface area contributed by atoms with Crippen LogP contribution in [0.15, 0.2) is 64.1 Å². The molecule has 0 bridgehead atoms. The molecular weight excluding hydrogens is 462 g/mol. The molecule has 4 rings (SSSR count). The van der Waals surface area contributed by atoms with E-state index in [0.717, 1.165) is 6.42 Å². The largest absolute Gasteiger partial charge is 0.484 e. The summed E-state index contributed by atoms with van der Waals surface area (Å²) in [6, 6.07) is 15.7. The van der Waals surface area contributed by atoms with E-state index >= 15 is 0 Å². The third-order valence-corrected chi connectivity index (χ3v) is 5.63. The number of benzene rings is 2. The molecule has 0 spiro atoms. The Hall–Kier alpha value is -4.40. The average molecular weight is 490 g/mol. The number of carbonyl (C=O) groups is 3. The Labute approximate surface area is 208 Å². The molecule has 2 N–H and O–H groups in total. The number of fused-ring (bicyclic) bond motifs is 1. The maximum absolute atomic E-state index is 13.1. The van der Waals surface area contributed by atoms with E-state index in [1.807, 2.05) is 18.2 Å². The summed E-state index contributed by atoms with van der Waals surface area (Å²) in [6.07, 6.45) is 2.04. The maximum Gasteiger partial charge on any atom is 0.340 e. The van der Waals surface area contributed by atoms with Crippen molar-refractivity contribution in [3.05, 3.63) is 82.8 Å². The van der Waals surface area contributed by atoms with Crippen LogP contribution in [0.3, 0.4) is 0 Å². The van der Waals surface area contributed by atoms with Gasteiger partial charge in [0.1, 0.15) is 11.5 Å². The van der Waals surface area contributed by atoms with Crippen LogP contribution in [-0.2, 0) is 16.0 Å². The lowest BCUT2D eigenvalue weighted by atomic mass is 9.93. The van der Waals surface area contributed by atoms with E-state index in [2.05, 4.69) is 15.8 Å². The molecule has 1 aliphatic rings. The molecule has 0 radical (unpaired) electrons. The predicted octanol–water partition coefficient (Wildman–Crippen LogP) is 4.25. The van der Waals surface area contributed by atoms with Crippen molar-refractivity contribution in [3.8, 4) is 5.75 Å². The molecule has 0 fully saturated rings. The van der Waals surface area contributed by atoms with Gasteiger partial charge in [-0.25, -0.2) is 10.2 Å². The first-order valence-corrected chi connectivity index (χ1v) is 11.7. The third kappa shape index (κ3) is 5.63. The van der Waals surface area contributed by atoms with Crippen LogP contribution in [0.4, 0.5) is 5.69 Å². The summed E-state index contributed by atoms with van der Waals surface area (Å²) in [5, 5.41) is 7.05. The summed E-state index contributed by atoms with van der Waals surface area (Å²) in [5.41, 5.74) is 5.08. The van der Waals surface area contributed by atoms with Crippen molar-refractivity contribution in [1.82, 2.24) is 5.43 Å². The predicted molar refractivity (Wildman–Crippen MR) is 133 cm³/mol. The summed E-state index contributed by atoms with van der Waals surface area (Å²) in [7, 11) is 0. The Morgan fingerprint density at radius 2 is 1.78 bits per heavy atom. The first-order chi connectivity index (χ1) is 17.5. The number of anilines is 1. The van der Waals surface area contributed by atoms with Crippen LogP contribution in [0.25, 0.3) is 0 Å². The van der Waals surface area contributed by atoms with Crippen molar-refractivity contribution in [2.45, 2.75) is 33.1 Å². The first kappa shape index (κ1) is 24.7. The first-order valence-electron chi connectivity index (χ1n) is 11.7. The minimum absolute atomic E-state index is 0.131. The molecule has 1 aromatic heterocycles. The Morgan fingerprint density at radius 1 is 1.03 bits per heavy atom. The maximum atomic E-state index is 13.1.